The number of rotatable bonds is 7. The van der Waals surface area contributed by atoms with Crippen molar-refractivity contribution in [3.8, 4) is 0 Å². The van der Waals surface area contributed by atoms with Gasteiger partial charge in [0.05, 0.1) is 17.8 Å². The summed E-state index contributed by atoms with van der Waals surface area (Å²) < 4.78 is 7.17. The molecule has 0 unspecified atom stereocenters. The van der Waals surface area contributed by atoms with Crippen LogP contribution in [0.4, 0.5) is 0 Å². The number of guanidine groups is 1. The number of carbonyl (C=O) groups excluding carboxylic acids is 1. The molecule has 2 N–H and O–H groups in total. The minimum Gasteiger partial charge on any atom is -0.459 e. The first-order valence-electron chi connectivity index (χ1n) is 8.47. The Hall–Kier alpha value is -1.68. The molecule has 27 heavy (non-hydrogen) atoms. The molecule has 0 saturated carbocycles. The van der Waals surface area contributed by atoms with Crippen LogP contribution in [0.15, 0.2) is 34.0 Å². The van der Waals surface area contributed by atoms with E-state index in [1.165, 1.54) is 6.26 Å². The standard InChI is InChI=1S/C18H26ClN5O2.HI/c1-13-6-9-26-16(13)17(25)21-7-5-8-22-18(20-2)24(4)12-15-10-14(19)11-23(15)3;/h6,9-11H,5,7-8,12H2,1-4H3,(H,20,22)(H,21,25);1H. The van der Waals surface area contributed by atoms with Gasteiger partial charge in [-0.25, -0.2) is 0 Å². The van der Waals surface area contributed by atoms with E-state index in [-0.39, 0.29) is 29.9 Å². The molecule has 0 aliphatic heterocycles. The summed E-state index contributed by atoms with van der Waals surface area (Å²) in [6.07, 6.45) is 4.17. The van der Waals surface area contributed by atoms with Crippen molar-refractivity contribution in [2.24, 2.45) is 12.0 Å². The number of carbonyl (C=O) groups is 1. The molecule has 0 saturated heterocycles. The lowest BCUT2D eigenvalue weighted by Crippen LogP contribution is -2.40. The highest BCUT2D eigenvalue weighted by atomic mass is 127. The van der Waals surface area contributed by atoms with Crippen molar-refractivity contribution >= 4 is 47.4 Å². The molecule has 0 aromatic carbocycles. The Labute approximate surface area is 182 Å². The van der Waals surface area contributed by atoms with Gasteiger partial charge in [-0.3, -0.25) is 9.79 Å². The lowest BCUT2D eigenvalue weighted by atomic mass is 10.2. The summed E-state index contributed by atoms with van der Waals surface area (Å²) >= 11 is 6.03. The van der Waals surface area contributed by atoms with E-state index in [0.717, 1.165) is 28.7 Å². The van der Waals surface area contributed by atoms with Gasteiger partial charge in [-0.05, 0) is 25.5 Å². The van der Waals surface area contributed by atoms with Crippen molar-refractivity contribution in [2.45, 2.75) is 19.9 Å². The number of halogens is 2. The zero-order chi connectivity index (χ0) is 19.1. The third-order valence-corrected chi connectivity index (χ3v) is 4.24. The topological polar surface area (TPSA) is 74.8 Å². The highest BCUT2D eigenvalue weighted by Gasteiger charge is 2.12. The third kappa shape index (κ3) is 6.76. The second-order valence-corrected chi connectivity index (χ2v) is 6.57. The highest BCUT2D eigenvalue weighted by Crippen LogP contribution is 2.14. The Kier molecular flexibility index (Phi) is 9.71. The van der Waals surface area contributed by atoms with E-state index in [0.29, 0.717) is 25.4 Å². The van der Waals surface area contributed by atoms with E-state index < -0.39 is 0 Å². The SMILES string of the molecule is CN=C(NCCCNC(=O)c1occc1C)N(C)Cc1cc(Cl)cn1C.I. The first kappa shape index (κ1) is 23.4. The number of nitrogens with zero attached hydrogens (tertiary/aromatic N) is 3. The van der Waals surface area contributed by atoms with E-state index in [1.807, 2.05) is 42.7 Å². The highest BCUT2D eigenvalue weighted by molar-refractivity contribution is 14.0. The summed E-state index contributed by atoms with van der Waals surface area (Å²) in [7, 11) is 5.69. The van der Waals surface area contributed by atoms with Gasteiger partial charge in [-0.15, -0.1) is 24.0 Å². The van der Waals surface area contributed by atoms with Gasteiger partial charge in [0.1, 0.15) is 0 Å². The number of hydrogen-bond donors (Lipinski definition) is 2. The minimum absolute atomic E-state index is 0. The molecule has 0 atom stereocenters. The second kappa shape index (κ2) is 11.2. The largest absolute Gasteiger partial charge is 0.459 e. The maximum Gasteiger partial charge on any atom is 0.287 e. The van der Waals surface area contributed by atoms with Crippen LogP contribution in [0.1, 0.15) is 28.2 Å². The molecule has 9 heteroatoms. The number of nitrogens with one attached hydrogen (secondary N) is 2. The molecule has 0 bridgehead atoms. The Bertz CT molecular complexity index is 772. The molecule has 2 aromatic heterocycles. The van der Waals surface area contributed by atoms with Crippen LogP contribution in [0.25, 0.3) is 0 Å². The molecule has 2 rings (SSSR count). The Morgan fingerprint density at radius 3 is 2.63 bits per heavy atom. The van der Waals surface area contributed by atoms with Crippen LogP contribution in [-0.4, -0.2) is 48.5 Å². The van der Waals surface area contributed by atoms with E-state index in [2.05, 4.69) is 15.6 Å². The predicted octanol–water partition coefficient (Wildman–Crippen LogP) is 3.03. The van der Waals surface area contributed by atoms with E-state index >= 15 is 0 Å². The molecule has 1 amide bonds. The van der Waals surface area contributed by atoms with Crippen LogP contribution >= 0.6 is 35.6 Å². The molecular formula is C18H27ClIN5O2. The van der Waals surface area contributed by atoms with Crippen LogP contribution in [0.3, 0.4) is 0 Å². The molecule has 150 valence electrons. The van der Waals surface area contributed by atoms with Crippen molar-refractivity contribution in [1.82, 2.24) is 20.1 Å². The van der Waals surface area contributed by atoms with Crippen LogP contribution < -0.4 is 10.6 Å². The van der Waals surface area contributed by atoms with Crippen molar-refractivity contribution in [3.05, 3.63) is 46.6 Å². The van der Waals surface area contributed by atoms with E-state index in [4.69, 9.17) is 16.0 Å². The lowest BCUT2D eigenvalue weighted by Gasteiger charge is -2.22. The fourth-order valence-corrected chi connectivity index (χ4v) is 2.87. The number of hydrogen-bond acceptors (Lipinski definition) is 3. The van der Waals surface area contributed by atoms with Crippen molar-refractivity contribution in [1.29, 1.82) is 0 Å². The van der Waals surface area contributed by atoms with Crippen molar-refractivity contribution in [2.75, 3.05) is 27.2 Å². The molecule has 2 heterocycles. The summed E-state index contributed by atoms with van der Waals surface area (Å²) in [6, 6.07) is 3.72. The monoisotopic (exact) mass is 507 g/mol. The fraction of sp³-hybridized carbons (Fsp3) is 0.444. The van der Waals surface area contributed by atoms with E-state index in [9.17, 15) is 4.79 Å². The molecule has 2 aromatic rings. The lowest BCUT2D eigenvalue weighted by molar-refractivity contribution is 0.0925. The third-order valence-electron chi connectivity index (χ3n) is 4.04. The number of aromatic nitrogens is 1. The maximum absolute atomic E-state index is 12.0. The predicted molar refractivity (Wildman–Crippen MR) is 119 cm³/mol. The average Bonchev–Trinajstić information content (AvgIpc) is 3.15. The molecule has 0 spiro atoms. The van der Waals surface area contributed by atoms with Gasteiger partial charge in [0.15, 0.2) is 11.7 Å². The number of aryl methyl sites for hydroxylation is 2. The average molecular weight is 508 g/mol. The first-order chi connectivity index (χ1) is 12.4. The summed E-state index contributed by atoms with van der Waals surface area (Å²) in [5.74, 6) is 0.972. The normalized spacial score (nSPS) is 11.1. The molecule has 0 aliphatic rings. The van der Waals surface area contributed by atoms with Crippen molar-refractivity contribution < 1.29 is 9.21 Å². The smallest absolute Gasteiger partial charge is 0.287 e. The van der Waals surface area contributed by atoms with Gasteiger partial charge in [0.2, 0.25) is 0 Å². The second-order valence-electron chi connectivity index (χ2n) is 6.13. The van der Waals surface area contributed by atoms with Crippen LogP contribution in [0.2, 0.25) is 5.02 Å². The summed E-state index contributed by atoms with van der Waals surface area (Å²) in [5, 5.41) is 6.87. The number of amides is 1. The van der Waals surface area contributed by atoms with Gasteiger partial charge in [0.25, 0.3) is 5.91 Å². The zero-order valence-corrected chi connectivity index (χ0v) is 19.2. The molecular weight excluding hydrogens is 481 g/mol. The fourth-order valence-electron chi connectivity index (χ4n) is 2.60. The quantitative estimate of drug-likeness (QED) is 0.261. The van der Waals surface area contributed by atoms with Gasteiger partial charge in [0, 0.05) is 51.7 Å². The van der Waals surface area contributed by atoms with Crippen LogP contribution in [0.5, 0.6) is 0 Å². The summed E-state index contributed by atoms with van der Waals surface area (Å²) in [4.78, 5) is 18.3. The Morgan fingerprint density at radius 2 is 2.07 bits per heavy atom. The Balaban J connectivity index is 0.00000364. The van der Waals surface area contributed by atoms with Gasteiger partial charge < -0.3 is 24.5 Å². The minimum atomic E-state index is -0.186. The van der Waals surface area contributed by atoms with Gasteiger partial charge in [-0.2, -0.15) is 0 Å². The van der Waals surface area contributed by atoms with Gasteiger partial charge >= 0.3 is 0 Å². The molecule has 0 aliphatic carbocycles. The van der Waals surface area contributed by atoms with Crippen molar-refractivity contribution in [3.63, 3.8) is 0 Å². The zero-order valence-electron chi connectivity index (χ0n) is 16.1. The van der Waals surface area contributed by atoms with Crippen LogP contribution in [0, 0.1) is 6.92 Å². The number of aliphatic imine (C=N–C) groups is 1. The Morgan fingerprint density at radius 1 is 1.37 bits per heavy atom. The molecule has 0 fully saturated rings. The van der Waals surface area contributed by atoms with Crippen LogP contribution in [-0.2, 0) is 13.6 Å². The molecule has 7 nitrogen and oxygen atoms in total. The first-order valence-corrected chi connectivity index (χ1v) is 8.85. The molecule has 0 radical (unpaired) electrons. The summed E-state index contributed by atoms with van der Waals surface area (Å²) in [5.41, 5.74) is 1.94. The van der Waals surface area contributed by atoms with E-state index in [1.54, 1.807) is 13.1 Å². The number of furan rings is 1. The summed E-state index contributed by atoms with van der Waals surface area (Å²) in [6.45, 7) is 3.79. The maximum atomic E-state index is 12.0. The van der Waals surface area contributed by atoms with Gasteiger partial charge in [-0.1, -0.05) is 11.6 Å².